The zero-order chi connectivity index (χ0) is 34.4. The molecule has 0 saturated heterocycles. The van der Waals surface area contributed by atoms with E-state index in [1.165, 1.54) is 61.3 Å². The highest BCUT2D eigenvalue weighted by Crippen LogP contribution is 2.61. The number of hydrogen-bond acceptors (Lipinski definition) is 12. The van der Waals surface area contributed by atoms with Crippen molar-refractivity contribution in [2.24, 2.45) is 9.98 Å². The largest absolute Gasteiger partial charge is 0.492 e. The highest BCUT2D eigenvalue weighted by atomic mass is 32.1. The zero-order valence-corrected chi connectivity index (χ0v) is 31.5. The van der Waals surface area contributed by atoms with Gasteiger partial charge in [-0.25, -0.2) is 10.5 Å². The quantitative estimate of drug-likeness (QED) is 0.0790. The summed E-state index contributed by atoms with van der Waals surface area (Å²) in [7, 11) is 0. The van der Waals surface area contributed by atoms with E-state index in [1.807, 2.05) is 58.3 Å². The van der Waals surface area contributed by atoms with Gasteiger partial charge in [0.2, 0.25) is 10.0 Å². The summed E-state index contributed by atoms with van der Waals surface area (Å²) in [5, 5.41) is 19.7. The Labute approximate surface area is 306 Å². The number of fused-ring (bicyclic) bond motifs is 7. The number of amidine groups is 2. The molecule has 0 spiro atoms. The van der Waals surface area contributed by atoms with Gasteiger partial charge in [-0.3, -0.25) is 0 Å². The molecular formula is C35H24N6O2S6. The number of aliphatic imine (C=N–C) groups is 2. The lowest BCUT2D eigenvalue weighted by Crippen LogP contribution is -2.15. The van der Waals surface area contributed by atoms with Crippen LogP contribution in [0, 0.1) is 35.8 Å². The maximum absolute atomic E-state index is 9.29. The molecule has 14 heteroatoms. The van der Waals surface area contributed by atoms with Crippen molar-refractivity contribution < 1.29 is 9.47 Å². The maximum Gasteiger partial charge on any atom is 0.350 e. The minimum absolute atomic E-state index is 0.192. The lowest BCUT2D eigenvalue weighted by atomic mass is 9.81. The Balaban J connectivity index is 1.30. The molecule has 0 atom stereocenters. The molecule has 6 heterocycles. The van der Waals surface area contributed by atoms with Crippen LogP contribution < -0.4 is 9.47 Å². The van der Waals surface area contributed by atoms with E-state index >= 15 is 0 Å². The Kier molecular flexibility index (Phi) is 8.89. The Morgan fingerprint density at radius 2 is 1.33 bits per heavy atom. The highest BCUT2D eigenvalue weighted by Gasteiger charge is 2.40. The molecule has 0 saturated carbocycles. The molecule has 0 fully saturated rings. The van der Waals surface area contributed by atoms with Crippen LogP contribution in [0.1, 0.15) is 55.9 Å². The first kappa shape index (κ1) is 33.1. The minimum Gasteiger partial charge on any atom is -0.492 e. The van der Waals surface area contributed by atoms with Gasteiger partial charge in [0.15, 0.2) is 0 Å². The van der Waals surface area contributed by atoms with Crippen LogP contribution in [-0.2, 0) is 5.41 Å². The van der Waals surface area contributed by atoms with Crippen LogP contribution >= 0.6 is 68.0 Å². The van der Waals surface area contributed by atoms with Gasteiger partial charge in [-0.15, -0.1) is 45.3 Å². The van der Waals surface area contributed by atoms with E-state index in [1.54, 1.807) is 11.3 Å². The normalized spacial score (nSPS) is 14.1. The molecule has 0 radical (unpaired) electrons. The first-order chi connectivity index (χ1) is 23.7. The van der Waals surface area contributed by atoms with E-state index < -0.39 is 0 Å². The molecule has 0 aromatic carbocycles. The number of nitriles is 2. The van der Waals surface area contributed by atoms with Crippen molar-refractivity contribution in [3.63, 3.8) is 0 Å². The maximum atomic E-state index is 9.29. The number of rotatable bonds is 10. The van der Waals surface area contributed by atoms with Crippen LogP contribution in [0.15, 0.2) is 28.2 Å². The Morgan fingerprint density at radius 1 is 0.755 bits per heavy atom. The first-order valence-electron chi connectivity index (χ1n) is 15.1. The Morgan fingerprint density at radius 3 is 1.92 bits per heavy atom. The minimum atomic E-state index is -0.304. The van der Waals surface area contributed by atoms with Crippen molar-refractivity contribution in [3.8, 4) is 33.4 Å². The summed E-state index contributed by atoms with van der Waals surface area (Å²) >= 11 is 10.2. The predicted molar refractivity (Wildman–Crippen MR) is 209 cm³/mol. The topological polar surface area (TPSA) is 99.5 Å². The molecule has 6 aromatic rings. The first-order valence-corrected chi connectivity index (χ1v) is 20.0. The van der Waals surface area contributed by atoms with Gasteiger partial charge in [0.05, 0.1) is 51.3 Å². The molecule has 8 nitrogen and oxygen atoms in total. The van der Waals surface area contributed by atoms with Gasteiger partial charge in [-0.1, -0.05) is 73.5 Å². The zero-order valence-electron chi connectivity index (χ0n) is 26.6. The third kappa shape index (κ3) is 5.65. The second-order valence-electron chi connectivity index (χ2n) is 11.4. The van der Waals surface area contributed by atoms with Crippen LogP contribution in [0.25, 0.3) is 59.3 Å². The summed E-state index contributed by atoms with van der Waals surface area (Å²) in [4.78, 5) is 19.3. The summed E-state index contributed by atoms with van der Waals surface area (Å²) in [6.07, 6.45) is 4.01. The number of thiophene rings is 6. The van der Waals surface area contributed by atoms with Crippen molar-refractivity contribution in [1.82, 2.24) is 0 Å². The molecule has 0 aliphatic heterocycles. The molecule has 6 aromatic heterocycles. The molecular weight excluding hydrogens is 729 g/mol. The van der Waals surface area contributed by atoms with Gasteiger partial charge in [0, 0.05) is 27.1 Å². The fourth-order valence-corrected chi connectivity index (χ4v) is 14.1. The monoisotopic (exact) mass is 752 g/mol. The molecule has 7 rings (SSSR count). The highest BCUT2D eigenvalue weighted by molar-refractivity contribution is 7.45. The van der Waals surface area contributed by atoms with Crippen LogP contribution in [0.2, 0.25) is 0 Å². The van der Waals surface area contributed by atoms with Gasteiger partial charge < -0.3 is 19.2 Å². The van der Waals surface area contributed by atoms with Gasteiger partial charge in [-0.05, 0) is 36.1 Å². The van der Waals surface area contributed by atoms with Crippen LogP contribution in [-0.4, -0.2) is 24.9 Å². The van der Waals surface area contributed by atoms with Crippen molar-refractivity contribution in [2.45, 2.75) is 46.0 Å². The Bertz CT molecular complexity index is 2540. The van der Waals surface area contributed by atoms with Crippen molar-refractivity contribution in [1.29, 1.82) is 10.5 Å². The van der Waals surface area contributed by atoms with Crippen LogP contribution in [0.3, 0.4) is 0 Å². The second kappa shape index (κ2) is 13.2. The van der Waals surface area contributed by atoms with E-state index in [0.29, 0.717) is 23.2 Å². The number of hydrogen-bond donors (Lipinski definition) is 0. The molecule has 1 aliphatic carbocycles. The molecule has 1 aliphatic rings. The summed E-state index contributed by atoms with van der Waals surface area (Å²) in [6.45, 7) is 24.3. The fraction of sp³-hybridized carbons (Fsp3) is 0.257. The standard InChI is InChI=1S/C35H24N6O2S6/c1-7-9-42-18-12-25(40-23(15-36)38-5)47-28(18)17-11-20-27(35(17,3)4)31-33(44-20)34-32(49-31)30-22(46-34)14-21(45-30)29-19(43-10-8-2)13-26(48-29)41-24(16-37)39-6/h11-14H,7-10H2,1-4H3. The van der Waals surface area contributed by atoms with Crippen LogP contribution in [0.5, 0.6) is 11.5 Å². The second-order valence-corrected chi connectivity index (χ2v) is 17.7. The van der Waals surface area contributed by atoms with Crippen molar-refractivity contribution in [3.05, 3.63) is 56.4 Å². The number of nitrogens with zero attached hydrogens (tertiary/aromatic N) is 6. The van der Waals surface area contributed by atoms with Gasteiger partial charge >= 0.3 is 11.7 Å². The van der Waals surface area contributed by atoms with E-state index in [4.69, 9.17) is 22.6 Å². The van der Waals surface area contributed by atoms with E-state index in [0.717, 1.165) is 44.5 Å². The van der Waals surface area contributed by atoms with Gasteiger partial charge in [0.1, 0.15) is 23.6 Å². The van der Waals surface area contributed by atoms with Crippen molar-refractivity contribution in [2.75, 3.05) is 13.2 Å². The smallest absolute Gasteiger partial charge is 0.350 e. The van der Waals surface area contributed by atoms with Gasteiger partial charge in [-0.2, -0.15) is 0 Å². The van der Waals surface area contributed by atoms with Gasteiger partial charge in [0.25, 0.3) is 0 Å². The summed E-state index contributed by atoms with van der Waals surface area (Å²) < 4.78 is 20.0. The van der Waals surface area contributed by atoms with Crippen LogP contribution in [0.4, 0.5) is 10.0 Å². The lowest BCUT2D eigenvalue weighted by molar-refractivity contribution is 0.318. The third-order valence-electron chi connectivity index (χ3n) is 7.80. The number of allylic oxidation sites excluding steroid dienone is 1. The third-order valence-corrected chi connectivity index (χ3v) is 15.4. The molecule has 49 heavy (non-hydrogen) atoms. The molecule has 0 N–H and O–H groups in total. The SMILES string of the molecule is [C-]#[N+]C(C#N)=Nc1cc(OCCC)c(C2=Cc3sc4c(sc5c6sc(-c7sc(N=C(C#N)[N+]#[C-])cc7OCCC)cc6sc45)c3C2(C)C)s1. The summed E-state index contributed by atoms with van der Waals surface area (Å²) in [5.41, 5.74) is 2.17. The molecule has 242 valence electrons. The summed E-state index contributed by atoms with van der Waals surface area (Å²) in [5.74, 6) is 1.08. The fourth-order valence-electron chi connectivity index (χ4n) is 5.68. The average molecular weight is 753 g/mol. The predicted octanol–water partition coefficient (Wildman–Crippen LogP) is 12.5. The van der Waals surface area contributed by atoms with E-state index in [2.05, 4.69) is 59.5 Å². The summed E-state index contributed by atoms with van der Waals surface area (Å²) in [6, 6.07) is 9.62. The average Bonchev–Trinajstić information content (AvgIpc) is 3.94. The number of ether oxygens (including phenoxy) is 2. The lowest BCUT2D eigenvalue weighted by Gasteiger charge is -2.24. The van der Waals surface area contributed by atoms with E-state index in [-0.39, 0.29) is 17.1 Å². The molecule has 0 bridgehead atoms. The molecule has 0 amide bonds. The molecule has 0 unspecified atom stereocenters. The Hall–Kier alpha value is -4.38. The van der Waals surface area contributed by atoms with Crippen molar-refractivity contribution >= 4 is 130 Å². The van der Waals surface area contributed by atoms with E-state index in [9.17, 15) is 10.5 Å².